The Hall–Kier alpha value is -1.65. The Balaban J connectivity index is 2.89. The molecule has 34 heavy (non-hydrogen) atoms. The van der Waals surface area contributed by atoms with Crippen molar-refractivity contribution in [1.29, 1.82) is 0 Å². The molecule has 0 unspecified atom stereocenters. The topological polar surface area (TPSA) is 66.8 Å². The van der Waals surface area contributed by atoms with Crippen LogP contribution in [0.1, 0.15) is 91.9 Å². The first-order chi connectivity index (χ1) is 16.3. The highest BCUT2D eigenvalue weighted by atomic mass is 16.5. The van der Waals surface area contributed by atoms with E-state index in [1.165, 1.54) is 12.8 Å². The lowest BCUT2D eigenvalue weighted by Gasteiger charge is -2.31. The summed E-state index contributed by atoms with van der Waals surface area (Å²) in [7, 11) is 0. The lowest BCUT2D eigenvalue weighted by atomic mass is 9.86. The molecule has 0 aromatic heterocycles. The van der Waals surface area contributed by atoms with Crippen LogP contribution in [0.5, 0.6) is 0 Å². The fourth-order valence-electron chi connectivity index (χ4n) is 4.58. The Kier molecular flexibility index (Phi) is 15.8. The van der Waals surface area contributed by atoms with Gasteiger partial charge in [0.15, 0.2) is 0 Å². The van der Waals surface area contributed by atoms with E-state index in [9.17, 15) is 15.0 Å². The number of aliphatic hydroxyl groups excluding tert-OH is 2. The summed E-state index contributed by atoms with van der Waals surface area (Å²) >= 11 is 0. The minimum atomic E-state index is -0.582. The van der Waals surface area contributed by atoms with Crippen LogP contribution >= 0.6 is 0 Å². The minimum Gasteiger partial charge on any atom is -0.461 e. The van der Waals surface area contributed by atoms with Crippen LogP contribution in [0.15, 0.2) is 49.1 Å². The van der Waals surface area contributed by atoms with Gasteiger partial charge < -0.3 is 14.9 Å². The normalized spacial score (nSPS) is 34.8. The van der Waals surface area contributed by atoms with Crippen LogP contribution in [0.4, 0.5) is 0 Å². The van der Waals surface area contributed by atoms with Gasteiger partial charge in [-0.2, -0.15) is 0 Å². The van der Waals surface area contributed by atoms with Gasteiger partial charge in [-0.05, 0) is 32.1 Å². The van der Waals surface area contributed by atoms with Gasteiger partial charge in [-0.25, -0.2) is 0 Å². The molecule has 0 aliphatic carbocycles. The summed E-state index contributed by atoms with van der Waals surface area (Å²) in [6.07, 6.45) is 21.9. The smallest absolute Gasteiger partial charge is 0.306 e. The van der Waals surface area contributed by atoms with Gasteiger partial charge in [-0.15, -0.1) is 0 Å². The Morgan fingerprint density at radius 3 is 2.21 bits per heavy atom. The summed E-state index contributed by atoms with van der Waals surface area (Å²) in [5, 5.41) is 21.5. The van der Waals surface area contributed by atoms with Crippen LogP contribution in [-0.4, -0.2) is 34.5 Å². The summed E-state index contributed by atoms with van der Waals surface area (Å²) < 4.78 is 5.90. The Morgan fingerprint density at radius 2 is 1.56 bits per heavy atom. The van der Waals surface area contributed by atoms with E-state index in [2.05, 4.69) is 25.7 Å². The highest BCUT2D eigenvalue weighted by Crippen LogP contribution is 2.25. The molecule has 1 rings (SSSR count). The molecule has 4 nitrogen and oxygen atoms in total. The van der Waals surface area contributed by atoms with Gasteiger partial charge in [0.1, 0.15) is 6.10 Å². The molecule has 0 aromatic rings. The van der Waals surface area contributed by atoms with Crippen molar-refractivity contribution in [2.75, 3.05) is 0 Å². The van der Waals surface area contributed by atoms with Gasteiger partial charge in [0.05, 0.1) is 12.2 Å². The van der Waals surface area contributed by atoms with Crippen molar-refractivity contribution in [2.45, 2.75) is 110 Å². The third-order valence-corrected chi connectivity index (χ3v) is 7.05. The van der Waals surface area contributed by atoms with Crippen molar-refractivity contribution in [3.63, 3.8) is 0 Å². The lowest BCUT2D eigenvalue weighted by Crippen LogP contribution is -2.37. The van der Waals surface area contributed by atoms with E-state index in [1.54, 1.807) is 6.08 Å². The van der Waals surface area contributed by atoms with Crippen LogP contribution in [0, 0.1) is 23.7 Å². The van der Waals surface area contributed by atoms with Crippen molar-refractivity contribution in [3.8, 4) is 0 Å². The predicted molar refractivity (Wildman–Crippen MR) is 142 cm³/mol. The molecule has 0 fully saturated rings. The summed E-state index contributed by atoms with van der Waals surface area (Å²) in [4.78, 5) is 12.6. The van der Waals surface area contributed by atoms with E-state index in [-0.39, 0.29) is 35.7 Å². The second-order valence-electron chi connectivity index (χ2n) is 10.2. The molecular weight excluding hydrogens is 424 g/mol. The number of carbonyl (C=O) groups excluding carboxylic acids is 1. The maximum absolute atomic E-state index is 12.6. The molecule has 194 valence electrons. The quantitative estimate of drug-likeness (QED) is 0.264. The number of esters is 1. The van der Waals surface area contributed by atoms with Crippen molar-refractivity contribution in [3.05, 3.63) is 49.1 Å². The number of rotatable bonds is 3. The first kappa shape index (κ1) is 30.4. The summed E-state index contributed by atoms with van der Waals surface area (Å²) in [6.45, 7) is 11.8. The molecule has 0 saturated carbocycles. The van der Waals surface area contributed by atoms with Crippen molar-refractivity contribution in [1.82, 2.24) is 0 Å². The van der Waals surface area contributed by atoms with Crippen LogP contribution in [0.3, 0.4) is 0 Å². The highest BCUT2D eigenvalue weighted by Gasteiger charge is 2.30. The molecule has 0 aromatic carbocycles. The van der Waals surface area contributed by atoms with Gasteiger partial charge >= 0.3 is 5.97 Å². The first-order valence-corrected chi connectivity index (χ1v) is 13.5. The average molecular weight is 475 g/mol. The minimum absolute atomic E-state index is 0.0163. The van der Waals surface area contributed by atoms with Crippen LogP contribution in [-0.2, 0) is 9.53 Å². The van der Waals surface area contributed by atoms with Gasteiger partial charge in [-0.3, -0.25) is 4.79 Å². The standard InChI is InChI=1S/C30H50O4/c1-6-7-18-25(4)30-26(5)27(31)21-17-16-20-24(3)29(33)23(2)19-14-12-10-8-9-11-13-15-22-28(32)34-30/h6-7,14,16,18-20,23-27,29-31,33H,1,8-13,15,17,21-22H2,2-5H3/b18-7?,19-14-,20-16-/t23-,24-,25-,26+,27+,29-,30+/m0/s1. The number of ether oxygens (including phenoxy) is 1. The molecule has 7 atom stereocenters. The van der Waals surface area contributed by atoms with Crippen LogP contribution in [0.25, 0.3) is 0 Å². The Bertz CT molecular complexity index is 650. The van der Waals surface area contributed by atoms with E-state index in [0.29, 0.717) is 19.3 Å². The van der Waals surface area contributed by atoms with E-state index in [1.807, 2.05) is 45.1 Å². The van der Waals surface area contributed by atoms with Crippen molar-refractivity contribution < 1.29 is 19.7 Å². The van der Waals surface area contributed by atoms with E-state index >= 15 is 0 Å². The fraction of sp³-hybridized carbons (Fsp3) is 0.700. The Labute approximate surface area is 208 Å². The van der Waals surface area contributed by atoms with Crippen LogP contribution < -0.4 is 0 Å². The first-order valence-electron chi connectivity index (χ1n) is 13.5. The van der Waals surface area contributed by atoms with Gasteiger partial charge in [-0.1, -0.05) is 102 Å². The van der Waals surface area contributed by atoms with Crippen molar-refractivity contribution in [2.24, 2.45) is 23.7 Å². The van der Waals surface area contributed by atoms with Gasteiger partial charge in [0.2, 0.25) is 0 Å². The molecule has 0 bridgehead atoms. The summed E-state index contributed by atoms with van der Waals surface area (Å²) in [5.41, 5.74) is 0. The van der Waals surface area contributed by atoms with E-state index in [4.69, 9.17) is 4.74 Å². The molecular formula is C30H50O4. The predicted octanol–water partition coefficient (Wildman–Crippen LogP) is 6.93. The zero-order valence-corrected chi connectivity index (χ0v) is 22.1. The maximum atomic E-state index is 12.6. The molecule has 4 heteroatoms. The van der Waals surface area contributed by atoms with Gasteiger partial charge in [0.25, 0.3) is 0 Å². The third kappa shape index (κ3) is 12.2. The highest BCUT2D eigenvalue weighted by molar-refractivity contribution is 5.69. The lowest BCUT2D eigenvalue weighted by molar-refractivity contribution is -0.156. The number of carbonyl (C=O) groups is 1. The number of hydrogen-bond donors (Lipinski definition) is 2. The second-order valence-corrected chi connectivity index (χ2v) is 10.2. The molecule has 1 aliphatic rings. The molecule has 2 N–H and O–H groups in total. The number of allylic oxidation sites excluding steroid dienone is 4. The third-order valence-electron chi connectivity index (χ3n) is 7.05. The Morgan fingerprint density at radius 1 is 0.971 bits per heavy atom. The number of cyclic esters (lactones) is 1. The summed E-state index contributed by atoms with van der Waals surface area (Å²) in [5.74, 6) is -0.217. The SMILES string of the molecule is C=CC=C[C@H](C)[C@H]1OC(=O)CCCCCCCC/C=C\[C@H](C)[C@H](O)[C@@H](C)/C=C\CC[C@@H](O)[C@H]1C. The molecule has 0 saturated heterocycles. The molecule has 1 aliphatic heterocycles. The van der Waals surface area contributed by atoms with Gasteiger partial charge in [0, 0.05) is 30.1 Å². The maximum Gasteiger partial charge on any atom is 0.306 e. The number of hydrogen-bond acceptors (Lipinski definition) is 4. The zero-order chi connectivity index (χ0) is 25.3. The molecule has 1 heterocycles. The second kappa shape index (κ2) is 17.7. The van der Waals surface area contributed by atoms with E-state index in [0.717, 1.165) is 32.1 Å². The monoisotopic (exact) mass is 474 g/mol. The van der Waals surface area contributed by atoms with Crippen LogP contribution in [0.2, 0.25) is 0 Å². The average Bonchev–Trinajstić information content (AvgIpc) is 2.82. The zero-order valence-electron chi connectivity index (χ0n) is 22.1. The molecule has 0 radical (unpaired) electrons. The van der Waals surface area contributed by atoms with Crippen molar-refractivity contribution >= 4 is 5.97 Å². The fourth-order valence-corrected chi connectivity index (χ4v) is 4.58. The largest absolute Gasteiger partial charge is 0.461 e. The number of aliphatic hydroxyl groups is 2. The van der Waals surface area contributed by atoms with E-state index < -0.39 is 12.2 Å². The molecule has 0 spiro atoms. The molecule has 0 amide bonds. The summed E-state index contributed by atoms with van der Waals surface area (Å²) in [6, 6.07) is 0.